The van der Waals surface area contributed by atoms with Gasteiger partial charge in [0.2, 0.25) is 6.79 Å². The molecule has 1 aliphatic rings. The Kier molecular flexibility index (Phi) is 3.64. The van der Waals surface area contributed by atoms with Crippen LogP contribution in [0.15, 0.2) is 18.3 Å². The normalized spacial score (nSPS) is 12.5. The van der Waals surface area contributed by atoms with Gasteiger partial charge in [0.05, 0.1) is 12.8 Å². The van der Waals surface area contributed by atoms with Crippen LogP contribution >= 0.6 is 0 Å². The molecule has 0 N–H and O–H groups in total. The van der Waals surface area contributed by atoms with Crippen molar-refractivity contribution in [2.75, 3.05) is 13.9 Å². The quantitative estimate of drug-likeness (QED) is 0.864. The first-order chi connectivity index (χ1) is 10.2. The minimum absolute atomic E-state index is 0.243. The number of aromatic nitrogens is 2. The Morgan fingerprint density at radius 3 is 2.71 bits per heavy atom. The molecule has 3 rings (SSSR count). The number of aryl methyl sites for hydroxylation is 2. The van der Waals surface area contributed by atoms with E-state index in [0.29, 0.717) is 5.75 Å². The summed E-state index contributed by atoms with van der Waals surface area (Å²) in [6.07, 6.45) is 3.85. The molecular formula is C16H18N2O3. The fraction of sp³-hybridized carbons (Fsp3) is 0.375. The van der Waals surface area contributed by atoms with Gasteiger partial charge in [-0.05, 0) is 25.0 Å². The summed E-state index contributed by atoms with van der Waals surface area (Å²) in [5.74, 6) is 2.90. The van der Waals surface area contributed by atoms with Crippen molar-refractivity contribution in [1.29, 1.82) is 0 Å². The van der Waals surface area contributed by atoms with Gasteiger partial charge in [0.1, 0.15) is 11.6 Å². The Hall–Kier alpha value is -2.30. The van der Waals surface area contributed by atoms with E-state index in [0.717, 1.165) is 47.0 Å². The molecule has 0 fully saturated rings. The monoisotopic (exact) mass is 286 g/mol. The predicted molar refractivity (Wildman–Crippen MR) is 78.9 cm³/mol. The van der Waals surface area contributed by atoms with Crippen LogP contribution in [0.3, 0.4) is 0 Å². The predicted octanol–water partition coefficient (Wildman–Crippen LogP) is 3.14. The molecule has 0 bridgehead atoms. The van der Waals surface area contributed by atoms with Crippen LogP contribution in [-0.4, -0.2) is 23.9 Å². The molecule has 2 heterocycles. The Balaban J connectivity index is 2.17. The molecule has 0 amide bonds. The van der Waals surface area contributed by atoms with Crippen LogP contribution in [0, 0.1) is 6.92 Å². The molecule has 1 aromatic carbocycles. The zero-order chi connectivity index (χ0) is 14.8. The average Bonchev–Trinajstić information content (AvgIpc) is 2.95. The van der Waals surface area contributed by atoms with E-state index >= 15 is 0 Å². The highest BCUT2D eigenvalue weighted by molar-refractivity contribution is 5.74. The maximum Gasteiger partial charge on any atom is 0.231 e. The van der Waals surface area contributed by atoms with Crippen LogP contribution in [0.1, 0.15) is 24.7 Å². The molecule has 1 aromatic heterocycles. The number of benzene rings is 1. The number of rotatable bonds is 4. The van der Waals surface area contributed by atoms with Crippen molar-refractivity contribution < 1.29 is 14.2 Å². The van der Waals surface area contributed by atoms with E-state index in [-0.39, 0.29) is 6.79 Å². The van der Waals surface area contributed by atoms with Crippen LogP contribution in [0.4, 0.5) is 0 Å². The summed E-state index contributed by atoms with van der Waals surface area (Å²) in [6, 6.07) is 3.78. The SMILES string of the molecule is CCCc1cnc(C)nc1-c1cc2c(cc1OC)OCO2. The van der Waals surface area contributed by atoms with Crippen molar-refractivity contribution >= 4 is 0 Å². The maximum atomic E-state index is 5.50. The summed E-state index contributed by atoms with van der Waals surface area (Å²) in [5.41, 5.74) is 2.93. The molecule has 2 aromatic rings. The van der Waals surface area contributed by atoms with Gasteiger partial charge in [0, 0.05) is 17.8 Å². The molecule has 1 aliphatic heterocycles. The van der Waals surface area contributed by atoms with Gasteiger partial charge in [0.15, 0.2) is 11.5 Å². The lowest BCUT2D eigenvalue weighted by Crippen LogP contribution is -2.00. The van der Waals surface area contributed by atoms with Crippen LogP contribution in [-0.2, 0) is 6.42 Å². The highest BCUT2D eigenvalue weighted by Crippen LogP contribution is 2.42. The van der Waals surface area contributed by atoms with Crippen molar-refractivity contribution in [3.8, 4) is 28.5 Å². The Morgan fingerprint density at radius 2 is 2.00 bits per heavy atom. The highest BCUT2D eigenvalue weighted by Gasteiger charge is 2.21. The molecule has 110 valence electrons. The molecule has 0 saturated carbocycles. The fourth-order valence-corrected chi connectivity index (χ4v) is 2.46. The molecule has 0 atom stereocenters. The molecule has 21 heavy (non-hydrogen) atoms. The molecule has 5 nitrogen and oxygen atoms in total. The van der Waals surface area contributed by atoms with Crippen molar-refractivity contribution in [3.05, 3.63) is 29.7 Å². The zero-order valence-corrected chi connectivity index (χ0v) is 12.5. The van der Waals surface area contributed by atoms with Gasteiger partial charge >= 0.3 is 0 Å². The van der Waals surface area contributed by atoms with Crippen molar-refractivity contribution in [2.24, 2.45) is 0 Å². The van der Waals surface area contributed by atoms with Gasteiger partial charge in [-0.25, -0.2) is 9.97 Å². The second kappa shape index (κ2) is 5.60. The molecule has 5 heteroatoms. The summed E-state index contributed by atoms with van der Waals surface area (Å²) in [4.78, 5) is 8.91. The van der Waals surface area contributed by atoms with Gasteiger partial charge in [-0.15, -0.1) is 0 Å². The van der Waals surface area contributed by atoms with E-state index < -0.39 is 0 Å². The average molecular weight is 286 g/mol. The molecule has 0 radical (unpaired) electrons. The van der Waals surface area contributed by atoms with Crippen LogP contribution in [0.5, 0.6) is 17.2 Å². The van der Waals surface area contributed by atoms with E-state index in [9.17, 15) is 0 Å². The second-order valence-electron chi connectivity index (χ2n) is 4.95. The Morgan fingerprint density at radius 1 is 1.24 bits per heavy atom. The number of hydrogen-bond acceptors (Lipinski definition) is 5. The first kappa shape index (κ1) is 13.7. The third kappa shape index (κ3) is 2.51. The third-order valence-corrected chi connectivity index (χ3v) is 3.45. The van der Waals surface area contributed by atoms with Gasteiger partial charge in [-0.2, -0.15) is 0 Å². The standard InChI is InChI=1S/C16H18N2O3/c1-4-5-11-8-17-10(2)18-16(11)12-6-14-15(21-9-20-14)7-13(12)19-3/h6-8H,4-5,9H2,1-3H3. The summed E-state index contributed by atoms with van der Waals surface area (Å²) < 4.78 is 16.4. The van der Waals surface area contributed by atoms with Crippen molar-refractivity contribution in [3.63, 3.8) is 0 Å². The second-order valence-corrected chi connectivity index (χ2v) is 4.95. The lowest BCUT2D eigenvalue weighted by molar-refractivity contribution is 0.174. The number of nitrogens with zero attached hydrogens (tertiary/aromatic N) is 2. The number of fused-ring (bicyclic) bond motifs is 1. The number of ether oxygens (including phenoxy) is 3. The zero-order valence-electron chi connectivity index (χ0n) is 12.5. The van der Waals surface area contributed by atoms with E-state index in [1.54, 1.807) is 7.11 Å². The molecule has 0 saturated heterocycles. The summed E-state index contributed by atoms with van der Waals surface area (Å²) in [6.45, 7) is 4.27. The minimum Gasteiger partial charge on any atom is -0.496 e. The summed E-state index contributed by atoms with van der Waals surface area (Å²) in [5, 5.41) is 0. The van der Waals surface area contributed by atoms with Gasteiger partial charge in [0.25, 0.3) is 0 Å². The highest BCUT2D eigenvalue weighted by atomic mass is 16.7. The first-order valence-electron chi connectivity index (χ1n) is 7.03. The Labute approximate surface area is 123 Å². The van der Waals surface area contributed by atoms with Crippen molar-refractivity contribution in [1.82, 2.24) is 9.97 Å². The van der Waals surface area contributed by atoms with Crippen LogP contribution < -0.4 is 14.2 Å². The fourth-order valence-electron chi connectivity index (χ4n) is 2.46. The van der Waals surface area contributed by atoms with E-state index in [4.69, 9.17) is 14.2 Å². The largest absolute Gasteiger partial charge is 0.496 e. The van der Waals surface area contributed by atoms with Crippen LogP contribution in [0.2, 0.25) is 0 Å². The summed E-state index contributed by atoms with van der Waals surface area (Å²) in [7, 11) is 1.65. The lowest BCUT2D eigenvalue weighted by Gasteiger charge is -2.13. The Bertz CT molecular complexity index is 671. The topological polar surface area (TPSA) is 53.5 Å². The number of methoxy groups -OCH3 is 1. The van der Waals surface area contributed by atoms with E-state index in [2.05, 4.69) is 16.9 Å². The maximum absolute atomic E-state index is 5.50. The van der Waals surface area contributed by atoms with E-state index in [1.807, 2.05) is 25.3 Å². The van der Waals surface area contributed by atoms with Crippen LogP contribution in [0.25, 0.3) is 11.3 Å². The molecular weight excluding hydrogens is 268 g/mol. The first-order valence-corrected chi connectivity index (χ1v) is 7.03. The minimum atomic E-state index is 0.243. The van der Waals surface area contributed by atoms with Gasteiger partial charge in [-0.3, -0.25) is 0 Å². The van der Waals surface area contributed by atoms with Crippen molar-refractivity contribution in [2.45, 2.75) is 26.7 Å². The molecule has 0 aliphatic carbocycles. The lowest BCUT2D eigenvalue weighted by atomic mass is 10.0. The molecule has 0 spiro atoms. The molecule has 0 unspecified atom stereocenters. The van der Waals surface area contributed by atoms with Gasteiger partial charge < -0.3 is 14.2 Å². The van der Waals surface area contributed by atoms with E-state index in [1.165, 1.54) is 0 Å². The van der Waals surface area contributed by atoms with Gasteiger partial charge in [-0.1, -0.05) is 13.3 Å². The third-order valence-electron chi connectivity index (χ3n) is 3.45. The smallest absolute Gasteiger partial charge is 0.231 e. The number of hydrogen-bond donors (Lipinski definition) is 0. The summed E-state index contributed by atoms with van der Waals surface area (Å²) >= 11 is 0.